The van der Waals surface area contributed by atoms with Crippen molar-refractivity contribution >= 4 is 65.4 Å². The highest BCUT2D eigenvalue weighted by molar-refractivity contribution is 6.15. The third-order valence-electron chi connectivity index (χ3n) is 14.1. The topological polar surface area (TPSA) is 14.8 Å². The SMILES string of the molecule is c1ccc(-n2c3cc(-n4c5ccccc5c5ccccc54)ccc3c3ccc4c(c32)C(c2ccccc2)(c2ccccc2)c2cc(-n3c5ccccc5c5ccccc53)ccc2-4)cc1. The first-order chi connectivity index (χ1) is 31.8. The van der Waals surface area contributed by atoms with E-state index in [-0.39, 0.29) is 0 Å². The van der Waals surface area contributed by atoms with Crippen LogP contribution in [0.15, 0.2) is 237 Å². The van der Waals surface area contributed by atoms with Crippen LogP contribution >= 0.6 is 0 Å². The van der Waals surface area contributed by atoms with Gasteiger partial charge >= 0.3 is 0 Å². The summed E-state index contributed by atoms with van der Waals surface area (Å²) >= 11 is 0. The van der Waals surface area contributed by atoms with E-state index in [2.05, 4.69) is 250 Å². The molecule has 3 aromatic heterocycles. The van der Waals surface area contributed by atoms with E-state index in [9.17, 15) is 0 Å². The first-order valence-corrected chi connectivity index (χ1v) is 22.2. The Labute approximate surface area is 369 Å². The monoisotopic (exact) mass is 813 g/mol. The largest absolute Gasteiger partial charge is 0.309 e. The van der Waals surface area contributed by atoms with Gasteiger partial charge in [0.1, 0.15) is 0 Å². The molecular formula is C61H39N3. The van der Waals surface area contributed by atoms with E-state index >= 15 is 0 Å². The minimum absolute atomic E-state index is 0.669. The number of benzene rings is 10. The number of fused-ring (bicyclic) bond motifs is 13. The molecule has 14 rings (SSSR count). The van der Waals surface area contributed by atoms with Gasteiger partial charge in [-0.25, -0.2) is 0 Å². The molecule has 0 saturated heterocycles. The van der Waals surface area contributed by atoms with Crippen molar-refractivity contribution in [2.45, 2.75) is 5.41 Å². The van der Waals surface area contributed by atoms with Gasteiger partial charge in [0.05, 0.1) is 38.5 Å². The number of hydrogen-bond acceptors (Lipinski definition) is 0. The maximum absolute atomic E-state index is 2.56. The second-order valence-corrected chi connectivity index (χ2v) is 17.2. The second kappa shape index (κ2) is 13.3. The molecule has 3 heteroatoms. The van der Waals surface area contributed by atoms with Gasteiger partial charge in [0.25, 0.3) is 0 Å². The van der Waals surface area contributed by atoms with E-state index < -0.39 is 5.41 Å². The summed E-state index contributed by atoms with van der Waals surface area (Å²) in [5.41, 5.74) is 17.5. The molecule has 10 aromatic carbocycles. The van der Waals surface area contributed by atoms with Crippen molar-refractivity contribution in [2.75, 3.05) is 0 Å². The van der Waals surface area contributed by atoms with Crippen LogP contribution in [-0.4, -0.2) is 13.7 Å². The van der Waals surface area contributed by atoms with Crippen molar-refractivity contribution in [3.63, 3.8) is 0 Å². The molecule has 0 amide bonds. The molecule has 0 spiro atoms. The summed E-state index contributed by atoms with van der Waals surface area (Å²) in [6, 6.07) is 87.8. The lowest BCUT2D eigenvalue weighted by Gasteiger charge is -2.35. The molecule has 0 N–H and O–H groups in total. The Kier molecular flexibility index (Phi) is 7.32. The first-order valence-electron chi connectivity index (χ1n) is 22.2. The van der Waals surface area contributed by atoms with Crippen LogP contribution < -0.4 is 0 Å². The molecule has 0 aliphatic heterocycles. The van der Waals surface area contributed by atoms with Crippen molar-refractivity contribution in [1.82, 2.24) is 13.7 Å². The molecule has 64 heavy (non-hydrogen) atoms. The van der Waals surface area contributed by atoms with Crippen LogP contribution in [0.25, 0.3) is 93.6 Å². The smallest absolute Gasteiger partial charge is 0.0735 e. The lowest BCUT2D eigenvalue weighted by Crippen LogP contribution is -2.29. The maximum atomic E-state index is 2.56. The molecule has 1 aliphatic carbocycles. The Morgan fingerprint density at radius 3 is 1.20 bits per heavy atom. The minimum atomic E-state index is -0.669. The lowest BCUT2D eigenvalue weighted by atomic mass is 9.67. The summed E-state index contributed by atoms with van der Waals surface area (Å²) in [6.45, 7) is 0. The Morgan fingerprint density at radius 1 is 0.266 bits per heavy atom. The summed E-state index contributed by atoms with van der Waals surface area (Å²) in [5.74, 6) is 0. The Balaban J connectivity index is 1.14. The van der Waals surface area contributed by atoms with Crippen LogP contribution in [0.5, 0.6) is 0 Å². The summed E-state index contributed by atoms with van der Waals surface area (Å²) in [7, 11) is 0. The van der Waals surface area contributed by atoms with E-state index in [0.29, 0.717) is 0 Å². The number of para-hydroxylation sites is 5. The van der Waals surface area contributed by atoms with Crippen molar-refractivity contribution < 1.29 is 0 Å². The quantitative estimate of drug-likeness (QED) is 0.164. The zero-order chi connectivity index (χ0) is 41.9. The van der Waals surface area contributed by atoms with Crippen LogP contribution in [-0.2, 0) is 5.41 Å². The van der Waals surface area contributed by atoms with Crippen molar-refractivity contribution in [3.05, 3.63) is 259 Å². The Hall–Kier alpha value is -8.40. The third-order valence-corrected chi connectivity index (χ3v) is 14.1. The van der Waals surface area contributed by atoms with E-state index in [0.717, 1.165) is 17.1 Å². The first kappa shape index (κ1) is 35.2. The van der Waals surface area contributed by atoms with E-state index in [1.165, 1.54) is 98.8 Å². The lowest BCUT2D eigenvalue weighted by molar-refractivity contribution is 0.770. The molecule has 0 bridgehead atoms. The molecule has 0 atom stereocenters. The van der Waals surface area contributed by atoms with Gasteiger partial charge in [-0.2, -0.15) is 0 Å². The molecule has 3 nitrogen and oxygen atoms in total. The molecule has 298 valence electrons. The highest BCUT2D eigenvalue weighted by Gasteiger charge is 2.48. The van der Waals surface area contributed by atoms with Gasteiger partial charge in [0.2, 0.25) is 0 Å². The van der Waals surface area contributed by atoms with Gasteiger partial charge in [0, 0.05) is 54.9 Å². The maximum Gasteiger partial charge on any atom is 0.0735 e. The minimum Gasteiger partial charge on any atom is -0.309 e. The van der Waals surface area contributed by atoms with Crippen molar-refractivity contribution in [1.29, 1.82) is 0 Å². The third kappa shape index (κ3) is 4.65. The predicted octanol–water partition coefficient (Wildman–Crippen LogP) is 15.3. The van der Waals surface area contributed by atoms with Gasteiger partial charge < -0.3 is 13.7 Å². The molecule has 0 saturated carbocycles. The summed E-state index contributed by atoms with van der Waals surface area (Å²) in [4.78, 5) is 0. The van der Waals surface area contributed by atoms with Crippen LogP contribution in [0.4, 0.5) is 0 Å². The molecule has 3 heterocycles. The highest BCUT2D eigenvalue weighted by atomic mass is 15.0. The summed E-state index contributed by atoms with van der Waals surface area (Å²) in [6.07, 6.45) is 0. The number of nitrogens with zero attached hydrogens (tertiary/aromatic N) is 3. The normalized spacial score (nSPS) is 13.1. The van der Waals surface area contributed by atoms with E-state index in [1.807, 2.05) is 0 Å². The number of rotatable bonds is 5. The van der Waals surface area contributed by atoms with Crippen LogP contribution in [0, 0.1) is 0 Å². The van der Waals surface area contributed by atoms with Crippen molar-refractivity contribution in [3.8, 4) is 28.2 Å². The zero-order valence-electron chi connectivity index (χ0n) is 34.9. The van der Waals surface area contributed by atoms with Gasteiger partial charge in [-0.3, -0.25) is 0 Å². The van der Waals surface area contributed by atoms with E-state index in [1.54, 1.807) is 0 Å². The average molecular weight is 814 g/mol. The fraction of sp³-hybridized carbons (Fsp3) is 0.0164. The fourth-order valence-electron chi connectivity index (χ4n) is 11.6. The van der Waals surface area contributed by atoms with Gasteiger partial charge in [-0.05, 0) is 88.5 Å². The second-order valence-electron chi connectivity index (χ2n) is 17.2. The molecular weight excluding hydrogens is 775 g/mol. The Bertz CT molecular complexity index is 3850. The van der Waals surface area contributed by atoms with Crippen LogP contribution in [0.2, 0.25) is 0 Å². The number of aromatic nitrogens is 3. The van der Waals surface area contributed by atoms with Gasteiger partial charge in [-0.15, -0.1) is 0 Å². The Morgan fingerprint density at radius 2 is 0.672 bits per heavy atom. The van der Waals surface area contributed by atoms with Crippen LogP contribution in [0.1, 0.15) is 22.3 Å². The average Bonchev–Trinajstić information content (AvgIpc) is 4.08. The van der Waals surface area contributed by atoms with E-state index in [4.69, 9.17) is 0 Å². The summed E-state index contributed by atoms with van der Waals surface area (Å²) in [5, 5.41) is 7.49. The summed E-state index contributed by atoms with van der Waals surface area (Å²) < 4.78 is 7.45. The number of hydrogen-bond donors (Lipinski definition) is 0. The van der Waals surface area contributed by atoms with Crippen molar-refractivity contribution in [2.24, 2.45) is 0 Å². The van der Waals surface area contributed by atoms with Gasteiger partial charge in [-0.1, -0.05) is 176 Å². The predicted molar refractivity (Wildman–Crippen MR) is 267 cm³/mol. The molecule has 0 unspecified atom stereocenters. The molecule has 13 aromatic rings. The standard InChI is InChI=1S/C61H39N3/c1-4-18-40(19-5-1)61(41-20-6-2-7-21-41)53-38-43(62-54-28-14-10-24-46(54)47-25-11-15-29-55(47)62)32-34-45(53)51-36-37-52-50-35-33-44(39-58(50)64(60(52)59(51)61)42-22-8-3-9-23-42)63-56-30-16-12-26-48(56)49-27-13-17-31-57(49)63/h1-39H. The molecule has 0 radical (unpaired) electrons. The molecule has 1 aliphatic rings. The zero-order valence-corrected chi connectivity index (χ0v) is 34.9. The van der Waals surface area contributed by atoms with Crippen LogP contribution in [0.3, 0.4) is 0 Å². The highest BCUT2D eigenvalue weighted by Crippen LogP contribution is 2.59. The van der Waals surface area contributed by atoms with Gasteiger partial charge in [0.15, 0.2) is 0 Å². The molecule has 0 fully saturated rings. The fourth-order valence-corrected chi connectivity index (χ4v) is 11.6.